The lowest BCUT2D eigenvalue weighted by Gasteiger charge is -2.21. The molecule has 0 saturated heterocycles. The molecule has 0 bridgehead atoms. The van der Waals surface area contributed by atoms with Crippen molar-refractivity contribution in [3.63, 3.8) is 0 Å². The Morgan fingerprint density at radius 1 is 0.967 bits per heavy atom. The fraction of sp³-hybridized carbons (Fsp3) is 0.480. The molecule has 0 fully saturated rings. The Kier molecular flexibility index (Phi) is 9.52. The summed E-state index contributed by atoms with van der Waals surface area (Å²) in [5.74, 6) is 1.95. The molecule has 5 heteroatoms. The number of nitrogens with zero attached hydrogens (tertiary/aromatic N) is 1. The third kappa shape index (κ3) is 6.68. The first-order valence-corrected chi connectivity index (χ1v) is 11.0. The molecule has 0 heterocycles. The van der Waals surface area contributed by atoms with Crippen molar-refractivity contribution in [2.24, 2.45) is 0 Å². The zero-order valence-corrected chi connectivity index (χ0v) is 18.7. The molecular formula is C25H35NO4. The summed E-state index contributed by atoms with van der Waals surface area (Å²) in [5.41, 5.74) is 2.64. The standard InChI is InChI=1S/C25H35NO4/c1-5-13-26(14-6-2)25(28)21-9-11-23(12-10-21)29-15-8-16-30-24-19(4)17-22(27)18-20(24)7-3/h9-12,17-18,27H,5-8,13-16H2,1-4H3. The molecule has 1 amide bonds. The quantitative estimate of drug-likeness (QED) is 0.475. The van der Waals surface area contributed by atoms with Crippen molar-refractivity contribution in [1.82, 2.24) is 4.90 Å². The van der Waals surface area contributed by atoms with Crippen LogP contribution in [0.4, 0.5) is 0 Å². The third-order valence-electron chi connectivity index (χ3n) is 4.90. The largest absolute Gasteiger partial charge is 0.508 e. The molecule has 0 radical (unpaired) electrons. The van der Waals surface area contributed by atoms with E-state index < -0.39 is 0 Å². The predicted molar refractivity (Wildman–Crippen MR) is 121 cm³/mol. The molecule has 2 aromatic carbocycles. The van der Waals surface area contributed by atoms with E-state index in [4.69, 9.17) is 9.47 Å². The predicted octanol–water partition coefficient (Wildman–Crippen LogP) is 5.37. The number of hydrogen-bond donors (Lipinski definition) is 1. The highest BCUT2D eigenvalue weighted by molar-refractivity contribution is 5.94. The van der Waals surface area contributed by atoms with Crippen LogP contribution in [0.2, 0.25) is 0 Å². The van der Waals surface area contributed by atoms with E-state index >= 15 is 0 Å². The number of phenolic OH excluding ortho intramolecular Hbond substituents is 1. The fourth-order valence-corrected chi connectivity index (χ4v) is 3.45. The number of carbonyl (C=O) groups is 1. The Hall–Kier alpha value is -2.69. The van der Waals surface area contributed by atoms with Crippen molar-refractivity contribution in [3.05, 3.63) is 53.1 Å². The highest BCUT2D eigenvalue weighted by Crippen LogP contribution is 2.29. The Balaban J connectivity index is 1.82. The van der Waals surface area contributed by atoms with Gasteiger partial charge in [-0.1, -0.05) is 20.8 Å². The third-order valence-corrected chi connectivity index (χ3v) is 4.90. The smallest absolute Gasteiger partial charge is 0.253 e. The molecular weight excluding hydrogens is 378 g/mol. The number of aromatic hydroxyl groups is 1. The van der Waals surface area contributed by atoms with Gasteiger partial charge >= 0.3 is 0 Å². The maximum Gasteiger partial charge on any atom is 0.253 e. The van der Waals surface area contributed by atoms with Gasteiger partial charge in [-0.15, -0.1) is 0 Å². The summed E-state index contributed by atoms with van der Waals surface area (Å²) >= 11 is 0. The Morgan fingerprint density at radius 3 is 2.20 bits per heavy atom. The highest BCUT2D eigenvalue weighted by atomic mass is 16.5. The maximum absolute atomic E-state index is 12.6. The molecule has 0 aromatic heterocycles. The lowest BCUT2D eigenvalue weighted by molar-refractivity contribution is 0.0755. The van der Waals surface area contributed by atoms with Gasteiger partial charge in [0.25, 0.3) is 5.91 Å². The van der Waals surface area contributed by atoms with E-state index in [1.54, 1.807) is 12.1 Å². The van der Waals surface area contributed by atoms with Gasteiger partial charge < -0.3 is 19.5 Å². The van der Waals surface area contributed by atoms with Crippen LogP contribution in [0.1, 0.15) is 61.5 Å². The molecule has 0 aliphatic heterocycles. The summed E-state index contributed by atoms with van der Waals surface area (Å²) in [7, 11) is 0. The minimum atomic E-state index is 0.0784. The van der Waals surface area contributed by atoms with Crippen LogP contribution in [0, 0.1) is 6.92 Å². The van der Waals surface area contributed by atoms with Crippen LogP contribution < -0.4 is 9.47 Å². The lowest BCUT2D eigenvalue weighted by atomic mass is 10.1. The minimum absolute atomic E-state index is 0.0784. The van der Waals surface area contributed by atoms with Crippen LogP contribution in [0.15, 0.2) is 36.4 Å². The zero-order valence-electron chi connectivity index (χ0n) is 18.7. The second-order valence-corrected chi connectivity index (χ2v) is 7.47. The fourth-order valence-electron chi connectivity index (χ4n) is 3.45. The molecule has 2 aromatic rings. The maximum atomic E-state index is 12.6. The molecule has 5 nitrogen and oxygen atoms in total. The molecule has 1 N–H and O–H groups in total. The molecule has 2 rings (SSSR count). The van der Waals surface area contributed by atoms with Crippen LogP contribution in [-0.4, -0.2) is 42.2 Å². The minimum Gasteiger partial charge on any atom is -0.508 e. The van der Waals surface area contributed by atoms with Crippen molar-refractivity contribution in [1.29, 1.82) is 0 Å². The molecule has 0 aliphatic carbocycles. The summed E-state index contributed by atoms with van der Waals surface area (Å²) in [6.07, 6.45) is 3.46. The molecule has 0 unspecified atom stereocenters. The number of aryl methyl sites for hydroxylation is 2. The number of rotatable bonds is 12. The van der Waals surface area contributed by atoms with Crippen molar-refractivity contribution in [2.45, 2.75) is 53.4 Å². The summed E-state index contributed by atoms with van der Waals surface area (Å²) in [6.45, 7) is 10.8. The van der Waals surface area contributed by atoms with Gasteiger partial charge in [0.15, 0.2) is 0 Å². The van der Waals surface area contributed by atoms with Gasteiger partial charge in [0.2, 0.25) is 0 Å². The van der Waals surface area contributed by atoms with E-state index in [-0.39, 0.29) is 11.7 Å². The van der Waals surface area contributed by atoms with E-state index in [1.807, 2.05) is 43.0 Å². The average Bonchev–Trinajstić information content (AvgIpc) is 2.74. The van der Waals surface area contributed by atoms with E-state index in [0.717, 1.165) is 61.4 Å². The molecule has 30 heavy (non-hydrogen) atoms. The number of hydrogen-bond acceptors (Lipinski definition) is 4. The highest BCUT2D eigenvalue weighted by Gasteiger charge is 2.14. The average molecular weight is 414 g/mol. The van der Waals surface area contributed by atoms with Gasteiger partial charge in [0, 0.05) is 25.1 Å². The second kappa shape index (κ2) is 12.1. The molecule has 0 saturated carbocycles. The van der Waals surface area contributed by atoms with Crippen LogP contribution in [-0.2, 0) is 6.42 Å². The van der Waals surface area contributed by atoms with Crippen molar-refractivity contribution in [3.8, 4) is 17.2 Å². The first kappa shape index (κ1) is 23.6. The van der Waals surface area contributed by atoms with E-state index in [2.05, 4.69) is 13.8 Å². The number of amides is 1. The zero-order chi connectivity index (χ0) is 21.9. The topological polar surface area (TPSA) is 59.0 Å². The molecule has 164 valence electrons. The van der Waals surface area contributed by atoms with Gasteiger partial charge in [-0.3, -0.25) is 4.79 Å². The van der Waals surface area contributed by atoms with Gasteiger partial charge in [-0.05, 0) is 73.7 Å². The van der Waals surface area contributed by atoms with Crippen molar-refractivity contribution >= 4 is 5.91 Å². The van der Waals surface area contributed by atoms with E-state index in [1.165, 1.54) is 0 Å². The van der Waals surface area contributed by atoms with E-state index in [9.17, 15) is 9.90 Å². The number of carbonyl (C=O) groups excluding carboxylic acids is 1. The lowest BCUT2D eigenvalue weighted by Crippen LogP contribution is -2.32. The Bertz CT molecular complexity index is 796. The van der Waals surface area contributed by atoms with Crippen molar-refractivity contribution < 1.29 is 19.4 Å². The number of benzene rings is 2. The van der Waals surface area contributed by atoms with E-state index in [0.29, 0.717) is 18.8 Å². The van der Waals surface area contributed by atoms with Crippen LogP contribution in [0.3, 0.4) is 0 Å². The summed E-state index contributed by atoms with van der Waals surface area (Å²) in [5, 5.41) is 9.72. The Labute approximate surface area is 180 Å². The number of ether oxygens (including phenoxy) is 2. The second-order valence-electron chi connectivity index (χ2n) is 7.47. The van der Waals surface area contributed by atoms with Gasteiger partial charge in [0.05, 0.1) is 13.2 Å². The summed E-state index contributed by atoms with van der Waals surface area (Å²) in [4.78, 5) is 14.5. The normalized spacial score (nSPS) is 10.7. The summed E-state index contributed by atoms with van der Waals surface area (Å²) in [6, 6.07) is 10.8. The van der Waals surface area contributed by atoms with Crippen LogP contribution >= 0.6 is 0 Å². The van der Waals surface area contributed by atoms with Gasteiger partial charge in [-0.2, -0.15) is 0 Å². The Morgan fingerprint density at radius 2 is 1.60 bits per heavy atom. The van der Waals surface area contributed by atoms with Crippen LogP contribution in [0.5, 0.6) is 17.2 Å². The SMILES string of the molecule is CCCN(CCC)C(=O)c1ccc(OCCCOc2c(C)cc(O)cc2CC)cc1. The summed E-state index contributed by atoms with van der Waals surface area (Å²) < 4.78 is 11.7. The van der Waals surface area contributed by atoms with Crippen molar-refractivity contribution in [2.75, 3.05) is 26.3 Å². The first-order valence-electron chi connectivity index (χ1n) is 11.0. The van der Waals surface area contributed by atoms with Gasteiger partial charge in [-0.25, -0.2) is 0 Å². The molecule has 0 atom stereocenters. The first-order chi connectivity index (χ1) is 14.5. The number of phenols is 1. The van der Waals surface area contributed by atoms with Gasteiger partial charge in [0.1, 0.15) is 17.2 Å². The molecule has 0 aliphatic rings. The van der Waals surface area contributed by atoms with Crippen LogP contribution in [0.25, 0.3) is 0 Å². The monoisotopic (exact) mass is 413 g/mol. The molecule has 0 spiro atoms.